The molecule has 1 N–H and O–H groups in total. The molecule has 4 aromatic rings. The average molecular weight is 446 g/mol. The molecule has 1 aromatic heterocycles. The van der Waals surface area contributed by atoms with E-state index in [0.717, 1.165) is 27.6 Å². The largest absolute Gasteiger partial charge is 0.322 e. The number of amides is 1. The molecule has 1 unspecified atom stereocenters. The normalized spacial score (nSPS) is 15.4. The van der Waals surface area contributed by atoms with Crippen LogP contribution in [0.25, 0.3) is 22.0 Å². The molecule has 5 nitrogen and oxygen atoms in total. The molecule has 0 spiro atoms. The summed E-state index contributed by atoms with van der Waals surface area (Å²) < 4.78 is 27.9. The van der Waals surface area contributed by atoms with Crippen molar-refractivity contribution in [3.8, 4) is 11.3 Å². The smallest absolute Gasteiger partial charge is 0.258 e. The predicted octanol–water partition coefficient (Wildman–Crippen LogP) is 5.09. The Morgan fingerprint density at radius 3 is 2.69 bits per heavy atom. The van der Waals surface area contributed by atoms with Gasteiger partial charge in [-0.3, -0.25) is 14.1 Å². The van der Waals surface area contributed by atoms with Crippen LogP contribution in [0.5, 0.6) is 0 Å². The van der Waals surface area contributed by atoms with Crippen molar-refractivity contribution in [1.29, 1.82) is 0 Å². The third kappa shape index (κ3) is 3.65. The first kappa shape index (κ1) is 20.3. The Morgan fingerprint density at radius 2 is 1.94 bits per heavy atom. The van der Waals surface area contributed by atoms with Gasteiger partial charge < -0.3 is 5.32 Å². The van der Waals surface area contributed by atoms with Gasteiger partial charge in [-0.05, 0) is 54.3 Å². The lowest BCUT2D eigenvalue weighted by Crippen LogP contribution is -2.42. The van der Waals surface area contributed by atoms with Crippen molar-refractivity contribution in [2.75, 3.05) is 21.9 Å². The summed E-state index contributed by atoms with van der Waals surface area (Å²) in [6, 6.07) is 19.8. The summed E-state index contributed by atoms with van der Waals surface area (Å²) in [6.45, 7) is 2.61. The van der Waals surface area contributed by atoms with E-state index in [0.29, 0.717) is 23.7 Å². The van der Waals surface area contributed by atoms with Gasteiger partial charge in [0.2, 0.25) is 0 Å². The van der Waals surface area contributed by atoms with E-state index in [1.807, 2.05) is 49.4 Å². The minimum absolute atomic E-state index is 0.0644. The topological polar surface area (TPSA) is 62.3 Å². The van der Waals surface area contributed by atoms with Gasteiger partial charge in [0.25, 0.3) is 5.91 Å². The zero-order valence-electron chi connectivity index (χ0n) is 17.3. The number of carbonyl (C=O) groups excluding carboxylic acids is 1. The summed E-state index contributed by atoms with van der Waals surface area (Å²) in [5.41, 5.74) is 3.75. The Kier molecular flexibility index (Phi) is 5.19. The van der Waals surface area contributed by atoms with Gasteiger partial charge in [-0.25, -0.2) is 8.60 Å². The molecule has 3 aromatic carbocycles. The molecule has 1 aliphatic heterocycles. The Morgan fingerprint density at radius 1 is 1.09 bits per heavy atom. The standard InChI is InChI=1S/C25H20FN3O2S/c1-16-6-7-18(14-22(16)24-20-5-3-2-4-17(20)10-11-27-24)28-25(30)21-9-8-19(15-23(21)26)29-12-13-32(29)31/h2-11,14-15H,12-13H2,1H3,(H,28,30). The number of fused-ring (bicyclic) bond motifs is 1. The number of pyridine rings is 1. The van der Waals surface area contributed by atoms with Crippen molar-refractivity contribution in [2.45, 2.75) is 6.92 Å². The molecule has 5 rings (SSSR count). The first-order valence-electron chi connectivity index (χ1n) is 10.2. The Balaban J connectivity index is 1.44. The molecule has 1 saturated heterocycles. The van der Waals surface area contributed by atoms with Crippen LogP contribution in [0.2, 0.25) is 0 Å². The lowest BCUT2D eigenvalue weighted by molar-refractivity contribution is 0.102. The molecule has 32 heavy (non-hydrogen) atoms. The maximum Gasteiger partial charge on any atom is 0.258 e. The summed E-state index contributed by atoms with van der Waals surface area (Å²) in [5, 5.41) is 4.89. The number of benzene rings is 3. The SMILES string of the molecule is Cc1ccc(NC(=O)c2ccc(N3CCS3=O)cc2F)cc1-c1nccc2ccccc12. The van der Waals surface area contributed by atoms with Gasteiger partial charge >= 0.3 is 0 Å². The molecule has 1 aliphatic rings. The highest BCUT2D eigenvalue weighted by atomic mass is 32.2. The van der Waals surface area contributed by atoms with Gasteiger partial charge in [0, 0.05) is 29.4 Å². The van der Waals surface area contributed by atoms with Crippen molar-refractivity contribution in [3.05, 3.63) is 89.9 Å². The van der Waals surface area contributed by atoms with E-state index in [1.54, 1.807) is 22.6 Å². The number of halogens is 1. The third-order valence-electron chi connectivity index (χ3n) is 5.62. The summed E-state index contributed by atoms with van der Waals surface area (Å²) in [7, 11) is -1.11. The van der Waals surface area contributed by atoms with E-state index in [4.69, 9.17) is 0 Å². The highest BCUT2D eigenvalue weighted by molar-refractivity contribution is 7.88. The van der Waals surface area contributed by atoms with Crippen LogP contribution in [0.15, 0.2) is 72.9 Å². The second-order valence-electron chi connectivity index (χ2n) is 7.66. The van der Waals surface area contributed by atoms with Gasteiger partial charge in [-0.15, -0.1) is 0 Å². The maximum atomic E-state index is 14.6. The molecule has 0 bridgehead atoms. The van der Waals surface area contributed by atoms with Gasteiger partial charge in [-0.2, -0.15) is 0 Å². The van der Waals surface area contributed by atoms with Crippen LogP contribution in [0.4, 0.5) is 15.8 Å². The fourth-order valence-corrected chi connectivity index (χ4v) is 4.70. The maximum absolute atomic E-state index is 14.6. The van der Waals surface area contributed by atoms with Crippen LogP contribution < -0.4 is 9.62 Å². The van der Waals surface area contributed by atoms with Crippen LogP contribution in [0.3, 0.4) is 0 Å². The number of carbonyl (C=O) groups is 1. The number of nitrogens with zero attached hydrogens (tertiary/aromatic N) is 2. The number of aromatic nitrogens is 1. The van der Waals surface area contributed by atoms with Crippen molar-refractivity contribution in [2.24, 2.45) is 0 Å². The van der Waals surface area contributed by atoms with Crippen LogP contribution in [-0.2, 0) is 11.0 Å². The van der Waals surface area contributed by atoms with Gasteiger partial charge in [0.1, 0.15) is 16.8 Å². The van der Waals surface area contributed by atoms with Gasteiger partial charge in [-0.1, -0.05) is 30.3 Å². The average Bonchev–Trinajstić information content (AvgIpc) is 2.79. The molecule has 160 valence electrons. The summed E-state index contributed by atoms with van der Waals surface area (Å²) in [5.74, 6) is -0.614. The monoisotopic (exact) mass is 445 g/mol. The second kappa shape index (κ2) is 8.16. The molecule has 7 heteroatoms. The van der Waals surface area contributed by atoms with Gasteiger partial charge in [0.15, 0.2) is 0 Å². The van der Waals surface area contributed by atoms with E-state index in [9.17, 15) is 13.4 Å². The third-order valence-corrected chi connectivity index (χ3v) is 7.04. The molecule has 2 heterocycles. The first-order valence-corrected chi connectivity index (χ1v) is 11.5. The second-order valence-corrected chi connectivity index (χ2v) is 9.15. The summed E-state index contributed by atoms with van der Waals surface area (Å²) in [6.07, 6.45) is 1.77. The van der Waals surface area contributed by atoms with Crippen LogP contribution in [0.1, 0.15) is 15.9 Å². The number of anilines is 2. The molecule has 0 saturated carbocycles. The zero-order chi connectivity index (χ0) is 22.2. The summed E-state index contributed by atoms with van der Waals surface area (Å²) in [4.78, 5) is 17.3. The lowest BCUT2D eigenvalue weighted by atomic mass is 9.99. The fraction of sp³-hybridized carbons (Fsp3) is 0.120. The van der Waals surface area contributed by atoms with Crippen LogP contribution in [0, 0.1) is 12.7 Å². The molecule has 0 radical (unpaired) electrons. The number of rotatable bonds is 4. The van der Waals surface area contributed by atoms with E-state index < -0.39 is 22.7 Å². The summed E-state index contributed by atoms with van der Waals surface area (Å²) >= 11 is 0. The molecule has 1 fully saturated rings. The Labute approximate surface area is 187 Å². The molecule has 0 aliphatic carbocycles. The van der Waals surface area contributed by atoms with E-state index in [2.05, 4.69) is 10.3 Å². The minimum atomic E-state index is -1.11. The van der Waals surface area contributed by atoms with Gasteiger partial charge in [0.05, 0.1) is 22.7 Å². The van der Waals surface area contributed by atoms with Crippen molar-refractivity contribution in [1.82, 2.24) is 4.98 Å². The van der Waals surface area contributed by atoms with Crippen molar-refractivity contribution < 1.29 is 13.4 Å². The zero-order valence-corrected chi connectivity index (χ0v) is 18.2. The first-order chi connectivity index (χ1) is 15.5. The highest BCUT2D eigenvalue weighted by Crippen LogP contribution is 2.31. The predicted molar refractivity (Wildman–Crippen MR) is 127 cm³/mol. The van der Waals surface area contributed by atoms with Crippen LogP contribution >= 0.6 is 0 Å². The Bertz CT molecular complexity index is 1380. The van der Waals surface area contributed by atoms with E-state index in [1.165, 1.54) is 12.1 Å². The van der Waals surface area contributed by atoms with E-state index in [-0.39, 0.29) is 5.56 Å². The van der Waals surface area contributed by atoms with Crippen LogP contribution in [-0.4, -0.2) is 27.4 Å². The molecular weight excluding hydrogens is 425 g/mol. The highest BCUT2D eigenvalue weighted by Gasteiger charge is 2.25. The van der Waals surface area contributed by atoms with E-state index >= 15 is 0 Å². The quantitative estimate of drug-likeness (QED) is 0.476. The number of aryl methyl sites for hydroxylation is 1. The molecule has 1 atom stereocenters. The van der Waals surface area contributed by atoms with Crippen molar-refractivity contribution >= 4 is 39.0 Å². The number of hydrogen-bond acceptors (Lipinski definition) is 3. The van der Waals surface area contributed by atoms with Crippen molar-refractivity contribution in [3.63, 3.8) is 0 Å². The number of hydrogen-bond donors (Lipinski definition) is 1. The Hall–Kier alpha value is -3.58. The molecular formula is C25H20FN3O2S. The lowest BCUT2D eigenvalue weighted by Gasteiger charge is -2.31. The number of nitrogens with one attached hydrogen (secondary N) is 1. The fourth-order valence-electron chi connectivity index (χ4n) is 3.83. The minimum Gasteiger partial charge on any atom is -0.322 e. The molecule has 1 amide bonds.